The van der Waals surface area contributed by atoms with E-state index in [1.54, 1.807) is 11.3 Å². The lowest BCUT2D eigenvalue weighted by Crippen LogP contribution is -2.31. The molecule has 2 heterocycles. The number of likely N-dealkylation sites (N-methyl/N-ethyl adjacent to an activating group) is 1. The van der Waals surface area contributed by atoms with Crippen molar-refractivity contribution in [3.05, 3.63) is 21.9 Å². The van der Waals surface area contributed by atoms with E-state index >= 15 is 0 Å². The third-order valence-electron chi connectivity index (χ3n) is 2.96. The maximum absolute atomic E-state index is 11.2. The van der Waals surface area contributed by atoms with E-state index in [9.17, 15) is 4.79 Å². The molecular weight excluding hydrogens is 208 g/mol. The Balaban J connectivity index is 2.21. The lowest BCUT2D eigenvalue weighted by atomic mass is 9.94. The number of nitrogens with zero attached hydrogens (tertiary/aromatic N) is 1. The number of rotatable bonds is 2. The number of hydrogen-bond acceptors (Lipinski definition) is 3. The van der Waals surface area contributed by atoms with Crippen LogP contribution in [0.2, 0.25) is 0 Å². The van der Waals surface area contributed by atoms with Crippen molar-refractivity contribution in [2.75, 3.05) is 20.1 Å². The molecule has 0 unspecified atom stereocenters. The zero-order chi connectivity index (χ0) is 10.8. The molecule has 1 aliphatic heterocycles. The van der Waals surface area contributed by atoms with E-state index < -0.39 is 0 Å². The van der Waals surface area contributed by atoms with Crippen molar-refractivity contribution < 1.29 is 4.79 Å². The monoisotopic (exact) mass is 224 g/mol. The largest absolute Gasteiger partial charge is 0.366 e. The number of carbonyl (C=O) groups excluding carboxylic acids is 1. The van der Waals surface area contributed by atoms with Crippen LogP contribution < -0.4 is 5.73 Å². The highest BCUT2D eigenvalue weighted by Gasteiger charge is 2.23. The standard InChI is InChI=1S/C11H16N2OS/c1-13-5-2-3-8(7-13)10-9(11(12)14)4-6-15-10/h4,6,8H,2-3,5,7H2,1H3,(H2,12,14)/t8-/m0/s1. The van der Waals surface area contributed by atoms with E-state index in [2.05, 4.69) is 11.9 Å². The molecule has 0 aliphatic carbocycles. The van der Waals surface area contributed by atoms with Gasteiger partial charge in [0.05, 0.1) is 5.56 Å². The normalized spacial score (nSPS) is 22.9. The second-order valence-corrected chi connectivity index (χ2v) is 5.11. The SMILES string of the molecule is CN1CCC[C@H](c2sccc2C(N)=O)C1. The highest BCUT2D eigenvalue weighted by atomic mass is 32.1. The average Bonchev–Trinajstić information content (AvgIpc) is 2.65. The predicted octanol–water partition coefficient (Wildman–Crippen LogP) is 1.66. The van der Waals surface area contributed by atoms with Gasteiger partial charge in [-0.25, -0.2) is 0 Å². The van der Waals surface area contributed by atoms with Gasteiger partial charge < -0.3 is 10.6 Å². The summed E-state index contributed by atoms with van der Waals surface area (Å²) in [5, 5.41) is 1.96. The number of piperidine rings is 1. The van der Waals surface area contributed by atoms with Crippen molar-refractivity contribution in [1.82, 2.24) is 4.90 Å². The van der Waals surface area contributed by atoms with Crippen LogP contribution in [0.1, 0.15) is 34.0 Å². The van der Waals surface area contributed by atoms with Gasteiger partial charge in [0.2, 0.25) is 5.91 Å². The second kappa shape index (κ2) is 4.33. The van der Waals surface area contributed by atoms with Crippen LogP contribution in [0, 0.1) is 0 Å². The Morgan fingerprint density at radius 3 is 3.13 bits per heavy atom. The maximum atomic E-state index is 11.2. The molecule has 2 N–H and O–H groups in total. The summed E-state index contributed by atoms with van der Waals surface area (Å²) in [7, 11) is 2.13. The Morgan fingerprint density at radius 1 is 1.67 bits per heavy atom. The number of hydrogen-bond donors (Lipinski definition) is 1. The lowest BCUT2D eigenvalue weighted by Gasteiger charge is -2.29. The van der Waals surface area contributed by atoms with Crippen LogP contribution in [-0.2, 0) is 0 Å². The zero-order valence-corrected chi connectivity index (χ0v) is 9.72. The molecule has 1 atom stereocenters. The lowest BCUT2D eigenvalue weighted by molar-refractivity contribution is 0.0999. The first-order chi connectivity index (χ1) is 7.18. The van der Waals surface area contributed by atoms with Gasteiger partial charge in [-0.1, -0.05) is 0 Å². The molecule has 0 saturated carbocycles. The van der Waals surface area contributed by atoms with Gasteiger partial charge in [0.25, 0.3) is 0 Å². The van der Waals surface area contributed by atoms with Crippen molar-refractivity contribution in [2.24, 2.45) is 5.73 Å². The summed E-state index contributed by atoms with van der Waals surface area (Å²) in [5.74, 6) is 0.200. The number of carbonyl (C=O) groups is 1. The molecule has 1 aromatic rings. The summed E-state index contributed by atoms with van der Waals surface area (Å²) in [5.41, 5.74) is 6.08. The molecule has 2 rings (SSSR count). The summed E-state index contributed by atoms with van der Waals surface area (Å²) < 4.78 is 0. The van der Waals surface area contributed by atoms with E-state index in [0.717, 1.165) is 18.7 Å². The van der Waals surface area contributed by atoms with Gasteiger partial charge in [-0.2, -0.15) is 0 Å². The number of primary amides is 1. The fourth-order valence-corrected chi connectivity index (χ4v) is 3.25. The Labute approximate surface area is 93.9 Å². The molecule has 1 amide bonds. The first-order valence-electron chi connectivity index (χ1n) is 5.24. The van der Waals surface area contributed by atoms with Crippen LogP contribution in [0.25, 0.3) is 0 Å². The van der Waals surface area contributed by atoms with Crippen LogP contribution in [-0.4, -0.2) is 30.9 Å². The Kier molecular flexibility index (Phi) is 3.07. The van der Waals surface area contributed by atoms with E-state index in [4.69, 9.17) is 5.73 Å². The number of nitrogens with two attached hydrogens (primary N) is 1. The van der Waals surface area contributed by atoms with Crippen LogP contribution in [0.5, 0.6) is 0 Å². The Hall–Kier alpha value is -0.870. The minimum Gasteiger partial charge on any atom is -0.366 e. The van der Waals surface area contributed by atoms with Crippen molar-refractivity contribution in [3.63, 3.8) is 0 Å². The molecule has 1 fully saturated rings. The Morgan fingerprint density at radius 2 is 2.47 bits per heavy atom. The molecule has 1 saturated heterocycles. The van der Waals surface area contributed by atoms with Crippen molar-refractivity contribution in [2.45, 2.75) is 18.8 Å². The third kappa shape index (κ3) is 2.21. The third-order valence-corrected chi connectivity index (χ3v) is 4.04. The van der Waals surface area contributed by atoms with Gasteiger partial charge in [0.1, 0.15) is 0 Å². The van der Waals surface area contributed by atoms with E-state index in [1.165, 1.54) is 17.7 Å². The van der Waals surface area contributed by atoms with Crippen molar-refractivity contribution in [3.8, 4) is 0 Å². The molecule has 0 spiro atoms. The van der Waals surface area contributed by atoms with Gasteiger partial charge in [-0.05, 0) is 37.9 Å². The molecule has 1 aromatic heterocycles. The van der Waals surface area contributed by atoms with Crippen LogP contribution in [0.4, 0.5) is 0 Å². The maximum Gasteiger partial charge on any atom is 0.249 e. The fourth-order valence-electron chi connectivity index (χ4n) is 2.22. The highest BCUT2D eigenvalue weighted by Crippen LogP contribution is 2.32. The molecule has 4 heteroatoms. The smallest absolute Gasteiger partial charge is 0.249 e. The predicted molar refractivity (Wildman–Crippen MR) is 62.3 cm³/mol. The zero-order valence-electron chi connectivity index (χ0n) is 8.90. The van der Waals surface area contributed by atoms with E-state index in [0.29, 0.717) is 5.92 Å². The van der Waals surface area contributed by atoms with Gasteiger partial charge in [-0.15, -0.1) is 11.3 Å². The molecule has 0 radical (unpaired) electrons. The minimum atomic E-state index is -0.292. The summed E-state index contributed by atoms with van der Waals surface area (Å²) >= 11 is 1.66. The minimum absolute atomic E-state index is 0.292. The average molecular weight is 224 g/mol. The first kappa shape index (κ1) is 10.6. The summed E-state index contributed by atoms with van der Waals surface area (Å²) in [4.78, 5) is 14.7. The number of thiophene rings is 1. The van der Waals surface area contributed by atoms with Gasteiger partial charge in [-0.3, -0.25) is 4.79 Å². The molecule has 0 bridgehead atoms. The summed E-state index contributed by atoms with van der Waals surface area (Å²) in [6.45, 7) is 2.20. The molecule has 82 valence electrons. The molecule has 3 nitrogen and oxygen atoms in total. The second-order valence-electron chi connectivity index (χ2n) is 4.16. The molecule has 15 heavy (non-hydrogen) atoms. The van der Waals surface area contributed by atoms with Crippen LogP contribution in [0.15, 0.2) is 11.4 Å². The quantitative estimate of drug-likeness (QED) is 0.830. The topological polar surface area (TPSA) is 46.3 Å². The Bertz CT molecular complexity index is 361. The van der Waals surface area contributed by atoms with E-state index in [1.807, 2.05) is 11.4 Å². The number of likely N-dealkylation sites (tertiary alicyclic amines) is 1. The first-order valence-corrected chi connectivity index (χ1v) is 6.12. The fraction of sp³-hybridized carbons (Fsp3) is 0.545. The van der Waals surface area contributed by atoms with Crippen molar-refractivity contribution in [1.29, 1.82) is 0 Å². The molecule has 0 aromatic carbocycles. The summed E-state index contributed by atoms with van der Waals surface area (Å²) in [6, 6.07) is 1.84. The summed E-state index contributed by atoms with van der Waals surface area (Å²) in [6.07, 6.45) is 2.38. The molecule has 1 aliphatic rings. The van der Waals surface area contributed by atoms with Crippen LogP contribution in [0.3, 0.4) is 0 Å². The number of amides is 1. The van der Waals surface area contributed by atoms with Gasteiger partial charge >= 0.3 is 0 Å². The molecular formula is C11H16N2OS. The van der Waals surface area contributed by atoms with Crippen LogP contribution >= 0.6 is 11.3 Å². The van der Waals surface area contributed by atoms with Gasteiger partial charge in [0, 0.05) is 17.3 Å². The van der Waals surface area contributed by atoms with Crippen molar-refractivity contribution >= 4 is 17.2 Å². The van der Waals surface area contributed by atoms with Gasteiger partial charge in [0.15, 0.2) is 0 Å². The highest BCUT2D eigenvalue weighted by molar-refractivity contribution is 7.10. The van der Waals surface area contributed by atoms with E-state index in [-0.39, 0.29) is 5.91 Å².